The molecule has 0 bridgehead atoms. The van der Waals surface area contributed by atoms with Crippen LogP contribution in [0.15, 0.2) is 30.3 Å². The molecule has 0 spiro atoms. The Bertz CT molecular complexity index is 962. The number of terminal acetylenes is 1. The lowest BCUT2D eigenvalue weighted by molar-refractivity contribution is -0.208. The molecule has 1 saturated heterocycles. The number of hydrogen-bond donors (Lipinski definition) is 1. The van der Waals surface area contributed by atoms with Gasteiger partial charge < -0.3 is 29.0 Å². The number of alkyl halides is 3. The molecule has 1 aromatic rings. The molecular formula is C24H28Cl3NO7. The molecule has 2 aliphatic rings. The number of hydrogen-bond acceptors (Lipinski definition) is 7. The number of fused-ring (bicyclic) bond motifs is 1. The van der Waals surface area contributed by atoms with Gasteiger partial charge in [0.15, 0.2) is 12.4 Å². The lowest BCUT2D eigenvalue weighted by Crippen LogP contribution is -2.75. The first-order chi connectivity index (χ1) is 16.4. The number of amides is 1. The number of halogens is 3. The summed E-state index contributed by atoms with van der Waals surface area (Å²) in [6.45, 7) is 3.25. The van der Waals surface area contributed by atoms with E-state index in [1.807, 2.05) is 37.3 Å². The molecule has 1 amide bonds. The van der Waals surface area contributed by atoms with Crippen LogP contribution in [0.1, 0.15) is 25.8 Å². The van der Waals surface area contributed by atoms with Gasteiger partial charge >= 0.3 is 5.97 Å². The second-order valence-corrected chi connectivity index (χ2v) is 11.0. The number of carbonyl (C=O) groups is 2. The van der Waals surface area contributed by atoms with Gasteiger partial charge in [-0.05, 0) is 18.9 Å². The van der Waals surface area contributed by atoms with Crippen molar-refractivity contribution in [3.8, 4) is 12.3 Å². The fraction of sp³-hybridized carbons (Fsp3) is 0.583. The van der Waals surface area contributed by atoms with E-state index in [0.29, 0.717) is 6.42 Å². The predicted octanol–water partition coefficient (Wildman–Crippen LogP) is 3.16. The van der Waals surface area contributed by atoms with E-state index >= 15 is 0 Å². The molecule has 8 nitrogen and oxygen atoms in total. The van der Waals surface area contributed by atoms with E-state index < -0.39 is 57.3 Å². The molecule has 1 N–H and O–H groups in total. The number of carbonyl (C=O) groups excluding carboxylic acids is 2. The van der Waals surface area contributed by atoms with Crippen LogP contribution in [-0.4, -0.2) is 65.6 Å². The lowest BCUT2D eigenvalue weighted by Gasteiger charge is -2.52. The fourth-order valence-electron chi connectivity index (χ4n) is 4.88. The molecule has 11 heteroatoms. The highest BCUT2D eigenvalue weighted by molar-refractivity contribution is 6.76. The largest absolute Gasteiger partial charge is 0.447 e. The second kappa shape index (κ2) is 10.8. The van der Waals surface area contributed by atoms with E-state index in [2.05, 4.69) is 11.2 Å². The van der Waals surface area contributed by atoms with Gasteiger partial charge in [0.2, 0.25) is 0 Å². The van der Waals surface area contributed by atoms with Crippen LogP contribution in [0.3, 0.4) is 0 Å². The van der Waals surface area contributed by atoms with E-state index in [1.165, 1.54) is 21.1 Å². The maximum absolute atomic E-state index is 13.1. The number of benzene rings is 1. The molecule has 0 aromatic heterocycles. The normalized spacial score (nSPS) is 30.7. The topological polar surface area (TPSA) is 95.6 Å². The molecule has 1 heterocycles. The highest BCUT2D eigenvalue weighted by atomic mass is 35.6. The van der Waals surface area contributed by atoms with Crippen LogP contribution in [0.4, 0.5) is 0 Å². The molecule has 0 radical (unpaired) electrons. The second-order valence-electron chi connectivity index (χ2n) is 8.76. The van der Waals surface area contributed by atoms with Crippen molar-refractivity contribution in [1.29, 1.82) is 0 Å². The molecule has 1 aliphatic carbocycles. The van der Waals surface area contributed by atoms with Gasteiger partial charge in [-0.3, -0.25) is 9.59 Å². The number of esters is 1. The Morgan fingerprint density at radius 3 is 2.40 bits per heavy atom. The molecule has 1 saturated carbocycles. The zero-order chi connectivity index (χ0) is 26.0. The van der Waals surface area contributed by atoms with Gasteiger partial charge in [0.1, 0.15) is 17.7 Å². The lowest BCUT2D eigenvalue weighted by atomic mass is 9.64. The Balaban J connectivity index is 2.18. The average Bonchev–Trinajstić information content (AvgIpc) is 3.48. The van der Waals surface area contributed by atoms with Crippen molar-refractivity contribution >= 4 is 46.7 Å². The van der Waals surface area contributed by atoms with Crippen LogP contribution < -0.4 is 5.32 Å². The predicted molar refractivity (Wildman–Crippen MR) is 130 cm³/mol. The standard InChI is InChI=1S/C24H28Cl3NO7/c1-6-17(34-14(2)29)23(28-21(30)24(25,26)27)16(20(31-4)32-5)12-22(3)18(35-22)19(23)33-13-15-10-8-7-9-11-15/h1,7-11,16-20H,12-13H2,2-5H3,(H,28,30)/t16-,17-,18-,19-,22+,23+/m1/s1. The number of nitrogens with one attached hydrogen (secondary N) is 1. The van der Waals surface area contributed by atoms with Crippen LogP contribution in [0, 0.1) is 18.3 Å². The Labute approximate surface area is 219 Å². The third kappa shape index (κ3) is 5.72. The van der Waals surface area contributed by atoms with Crippen LogP contribution in [0.5, 0.6) is 0 Å². The summed E-state index contributed by atoms with van der Waals surface area (Å²) in [4.78, 5) is 25.2. The summed E-state index contributed by atoms with van der Waals surface area (Å²) in [6, 6.07) is 9.38. The maximum atomic E-state index is 13.1. The summed E-state index contributed by atoms with van der Waals surface area (Å²) >= 11 is 17.8. The summed E-state index contributed by atoms with van der Waals surface area (Å²) in [5, 5.41) is 2.77. The third-order valence-corrected chi connectivity index (χ3v) is 6.96. The average molecular weight is 549 g/mol. The maximum Gasteiger partial charge on any atom is 0.303 e. The summed E-state index contributed by atoms with van der Waals surface area (Å²) in [5.74, 6) is 0.0860. The van der Waals surface area contributed by atoms with Crippen LogP contribution >= 0.6 is 34.8 Å². The van der Waals surface area contributed by atoms with E-state index in [4.69, 9.17) is 64.9 Å². The van der Waals surface area contributed by atoms with E-state index in [9.17, 15) is 9.59 Å². The van der Waals surface area contributed by atoms with Crippen molar-refractivity contribution in [1.82, 2.24) is 5.32 Å². The number of epoxide rings is 1. The summed E-state index contributed by atoms with van der Waals surface area (Å²) in [6.07, 6.45) is 2.48. The smallest absolute Gasteiger partial charge is 0.303 e. The number of methoxy groups -OCH3 is 2. The first-order valence-electron chi connectivity index (χ1n) is 10.8. The van der Waals surface area contributed by atoms with Crippen molar-refractivity contribution in [2.24, 2.45) is 5.92 Å². The molecule has 35 heavy (non-hydrogen) atoms. The van der Waals surface area contributed by atoms with Gasteiger partial charge in [-0.2, -0.15) is 0 Å². The highest BCUT2D eigenvalue weighted by Gasteiger charge is 2.74. The van der Waals surface area contributed by atoms with Gasteiger partial charge in [-0.1, -0.05) is 71.1 Å². The van der Waals surface area contributed by atoms with Crippen molar-refractivity contribution in [3.05, 3.63) is 35.9 Å². The third-order valence-electron chi connectivity index (χ3n) is 6.45. The minimum absolute atomic E-state index is 0.140. The van der Waals surface area contributed by atoms with E-state index in [-0.39, 0.29) is 6.61 Å². The zero-order valence-corrected chi connectivity index (χ0v) is 22.0. The Morgan fingerprint density at radius 2 is 1.89 bits per heavy atom. The molecule has 0 unspecified atom stereocenters. The van der Waals surface area contributed by atoms with Crippen LogP contribution in [0.2, 0.25) is 0 Å². The monoisotopic (exact) mass is 547 g/mol. The zero-order valence-electron chi connectivity index (χ0n) is 19.8. The number of rotatable bonds is 9. The van der Waals surface area contributed by atoms with Crippen molar-refractivity contribution in [2.75, 3.05) is 14.2 Å². The first-order valence-corrected chi connectivity index (χ1v) is 12.0. The summed E-state index contributed by atoms with van der Waals surface area (Å²) in [5.41, 5.74) is -1.42. The molecule has 1 aliphatic heterocycles. The number of ether oxygens (including phenoxy) is 5. The molecule has 2 fully saturated rings. The SMILES string of the molecule is C#C[C@@H](OC(C)=O)[C@@]1(NC(=O)C(Cl)(Cl)Cl)[C@@H](C(OC)OC)C[C@]2(C)O[C@@H]2[C@H]1OCc1ccccc1. The van der Waals surface area contributed by atoms with Gasteiger partial charge in [0, 0.05) is 27.1 Å². The Kier molecular flexibility index (Phi) is 8.65. The van der Waals surface area contributed by atoms with Gasteiger partial charge in [0.05, 0.1) is 12.2 Å². The van der Waals surface area contributed by atoms with Gasteiger partial charge in [-0.15, -0.1) is 6.42 Å². The van der Waals surface area contributed by atoms with E-state index in [1.54, 1.807) is 0 Å². The van der Waals surface area contributed by atoms with Crippen LogP contribution in [-0.2, 0) is 39.9 Å². The molecular weight excluding hydrogens is 521 g/mol. The fourth-order valence-corrected chi connectivity index (χ4v) is 5.02. The summed E-state index contributed by atoms with van der Waals surface area (Å²) < 4.78 is 26.8. The van der Waals surface area contributed by atoms with Crippen molar-refractivity contribution in [2.45, 2.75) is 66.4 Å². The van der Waals surface area contributed by atoms with Gasteiger partial charge in [-0.25, -0.2) is 0 Å². The first kappa shape index (κ1) is 28.0. The Hall–Kier alpha value is -1.57. The Morgan fingerprint density at radius 1 is 1.26 bits per heavy atom. The minimum atomic E-state index is -2.35. The van der Waals surface area contributed by atoms with Crippen molar-refractivity contribution in [3.63, 3.8) is 0 Å². The van der Waals surface area contributed by atoms with Crippen LogP contribution in [0.25, 0.3) is 0 Å². The van der Waals surface area contributed by atoms with E-state index in [0.717, 1.165) is 5.56 Å². The summed E-state index contributed by atoms with van der Waals surface area (Å²) in [7, 11) is 2.88. The molecule has 1 aromatic carbocycles. The quantitative estimate of drug-likeness (QED) is 0.167. The van der Waals surface area contributed by atoms with Gasteiger partial charge in [0.25, 0.3) is 9.70 Å². The molecule has 6 atom stereocenters. The minimum Gasteiger partial charge on any atom is -0.447 e. The molecule has 3 rings (SSSR count). The van der Waals surface area contributed by atoms with Crippen molar-refractivity contribution < 1.29 is 33.3 Å². The molecule has 192 valence electrons. The highest BCUT2D eigenvalue weighted by Crippen LogP contribution is 2.57.